The molecule has 23 heavy (non-hydrogen) atoms. The number of hydrogen-bond donors (Lipinski definition) is 3. The Balaban J connectivity index is 1.53. The molecule has 1 aromatic carbocycles. The number of aliphatic carboxylic acids is 1. The molecular weight excluding hydrogens is 294 g/mol. The van der Waals surface area contributed by atoms with Crippen LogP contribution < -0.4 is 5.32 Å². The molecule has 2 heterocycles. The Morgan fingerprint density at radius 3 is 2.91 bits per heavy atom. The smallest absolute Gasteiger partial charge is 0.317 e. The van der Waals surface area contributed by atoms with Gasteiger partial charge in [-0.2, -0.15) is 0 Å². The molecule has 2 amide bonds. The SMILES string of the molecule is CC1(C(=O)O)CCN(C(=O)NCCc2c[nH]c3ccccc23)C1. The summed E-state index contributed by atoms with van der Waals surface area (Å²) in [5.41, 5.74) is 1.43. The standard InChI is InChI=1S/C17H21N3O3/c1-17(15(21)22)7-9-20(11-17)16(23)18-8-6-12-10-19-14-5-3-2-4-13(12)14/h2-5,10,19H,6-9,11H2,1H3,(H,18,23)(H,21,22). The van der Waals surface area contributed by atoms with E-state index in [2.05, 4.69) is 16.4 Å². The fourth-order valence-corrected chi connectivity index (χ4v) is 3.06. The number of carboxylic acid groups (broad SMARTS) is 1. The zero-order chi connectivity index (χ0) is 16.4. The molecule has 0 aliphatic carbocycles. The zero-order valence-electron chi connectivity index (χ0n) is 13.1. The van der Waals surface area contributed by atoms with Crippen LogP contribution in [0.1, 0.15) is 18.9 Å². The number of carbonyl (C=O) groups is 2. The average Bonchev–Trinajstić information content (AvgIpc) is 3.13. The molecule has 0 radical (unpaired) electrons. The second-order valence-electron chi connectivity index (χ2n) is 6.38. The Morgan fingerprint density at radius 2 is 2.17 bits per heavy atom. The summed E-state index contributed by atoms with van der Waals surface area (Å²) in [5.74, 6) is -0.841. The molecular formula is C17H21N3O3. The fourth-order valence-electron chi connectivity index (χ4n) is 3.06. The number of likely N-dealkylation sites (tertiary alicyclic amines) is 1. The number of urea groups is 1. The summed E-state index contributed by atoms with van der Waals surface area (Å²) in [6, 6.07) is 7.87. The first-order valence-electron chi connectivity index (χ1n) is 7.81. The number of para-hydroxylation sites is 1. The van der Waals surface area contributed by atoms with E-state index >= 15 is 0 Å². The number of carboxylic acids is 1. The summed E-state index contributed by atoms with van der Waals surface area (Å²) >= 11 is 0. The summed E-state index contributed by atoms with van der Waals surface area (Å²) < 4.78 is 0. The van der Waals surface area contributed by atoms with E-state index in [-0.39, 0.29) is 12.6 Å². The van der Waals surface area contributed by atoms with Crippen molar-refractivity contribution in [3.8, 4) is 0 Å². The maximum Gasteiger partial charge on any atom is 0.317 e. The molecule has 0 bridgehead atoms. The minimum Gasteiger partial charge on any atom is -0.481 e. The largest absolute Gasteiger partial charge is 0.481 e. The van der Waals surface area contributed by atoms with Gasteiger partial charge in [0.05, 0.1) is 5.41 Å². The highest BCUT2D eigenvalue weighted by molar-refractivity contribution is 5.83. The minimum atomic E-state index is -0.841. The van der Waals surface area contributed by atoms with E-state index in [0.717, 1.165) is 17.5 Å². The zero-order valence-corrected chi connectivity index (χ0v) is 13.1. The first-order valence-corrected chi connectivity index (χ1v) is 7.81. The predicted octanol–water partition coefficient (Wildman–Crippen LogP) is 2.22. The van der Waals surface area contributed by atoms with Crippen molar-refractivity contribution in [1.29, 1.82) is 0 Å². The lowest BCUT2D eigenvalue weighted by Gasteiger charge is -2.20. The maximum atomic E-state index is 12.2. The molecule has 2 aromatic rings. The van der Waals surface area contributed by atoms with Crippen LogP contribution in [0.3, 0.4) is 0 Å². The van der Waals surface area contributed by atoms with Crippen LogP contribution in [0.15, 0.2) is 30.5 Å². The maximum absolute atomic E-state index is 12.2. The molecule has 3 N–H and O–H groups in total. The number of aromatic amines is 1. The van der Waals surface area contributed by atoms with Crippen molar-refractivity contribution < 1.29 is 14.7 Å². The van der Waals surface area contributed by atoms with Crippen LogP contribution in [0.2, 0.25) is 0 Å². The van der Waals surface area contributed by atoms with Gasteiger partial charge in [-0.15, -0.1) is 0 Å². The van der Waals surface area contributed by atoms with Crippen LogP contribution in [-0.4, -0.2) is 46.6 Å². The van der Waals surface area contributed by atoms with Gasteiger partial charge in [-0.1, -0.05) is 18.2 Å². The van der Waals surface area contributed by atoms with Gasteiger partial charge in [0.2, 0.25) is 0 Å². The average molecular weight is 315 g/mol. The van der Waals surface area contributed by atoms with Crippen molar-refractivity contribution in [2.75, 3.05) is 19.6 Å². The number of benzene rings is 1. The van der Waals surface area contributed by atoms with Gasteiger partial charge >= 0.3 is 12.0 Å². The molecule has 1 aromatic heterocycles. The van der Waals surface area contributed by atoms with E-state index in [1.807, 2.05) is 24.4 Å². The number of carbonyl (C=O) groups excluding carboxylic acids is 1. The topological polar surface area (TPSA) is 85.4 Å². The molecule has 1 saturated heterocycles. The Kier molecular flexibility index (Phi) is 3.98. The van der Waals surface area contributed by atoms with Crippen molar-refractivity contribution in [1.82, 2.24) is 15.2 Å². The lowest BCUT2D eigenvalue weighted by molar-refractivity contribution is -0.146. The monoisotopic (exact) mass is 315 g/mol. The molecule has 1 aliphatic heterocycles. The Hall–Kier alpha value is -2.50. The van der Waals surface area contributed by atoms with Crippen molar-refractivity contribution in [2.24, 2.45) is 5.41 Å². The number of hydrogen-bond acceptors (Lipinski definition) is 2. The molecule has 1 fully saturated rings. The van der Waals surface area contributed by atoms with Crippen LogP contribution >= 0.6 is 0 Å². The highest BCUT2D eigenvalue weighted by Gasteiger charge is 2.42. The quantitative estimate of drug-likeness (QED) is 0.808. The molecule has 1 unspecified atom stereocenters. The molecule has 0 spiro atoms. The van der Waals surface area contributed by atoms with Gasteiger partial charge in [-0.3, -0.25) is 4.79 Å². The summed E-state index contributed by atoms with van der Waals surface area (Å²) in [5, 5.41) is 13.3. The Bertz CT molecular complexity index is 740. The number of fused-ring (bicyclic) bond motifs is 1. The van der Waals surface area contributed by atoms with Gasteiger partial charge in [-0.25, -0.2) is 4.79 Å². The van der Waals surface area contributed by atoms with Gasteiger partial charge in [0.1, 0.15) is 0 Å². The summed E-state index contributed by atoms with van der Waals surface area (Å²) in [4.78, 5) is 28.2. The third-order valence-corrected chi connectivity index (χ3v) is 4.62. The molecule has 6 nitrogen and oxygen atoms in total. The van der Waals surface area contributed by atoms with Crippen molar-refractivity contribution in [2.45, 2.75) is 19.8 Å². The number of amides is 2. The second-order valence-corrected chi connectivity index (χ2v) is 6.38. The highest BCUT2D eigenvalue weighted by Crippen LogP contribution is 2.29. The summed E-state index contributed by atoms with van der Waals surface area (Å²) in [7, 11) is 0. The third-order valence-electron chi connectivity index (χ3n) is 4.62. The van der Waals surface area contributed by atoms with E-state index in [0.29, 0.717) is 19.5 Å². The molecule has 1 atom stereocenters. The van der Waals surface area contributed by atoms with Crippen LogP contribution in [0.4, 0.5) is 4.79 Å². The number of rotatable bonds is 4. The Morgan fingerprint density at radius 1 is 1.39 bits per heavy atom. The lowest BCUT2D eigenvalue weighted by atomic mass is 9.90. The van der Waals surface area contributed by atoms with Crippen LogP contribution in [-0.2, 0) is 11.2 Å². The first-order chi connectivity index (χ1) is 11.0. The van der Waals surface area contributed by atoms with Crippen molar-refractivity contribution in [3.63, 3.8) is 0 Å². The summed E-state index contributed by atoms with van der Waals surface area (Å²) in [6.07, 6.45) is 3.20. The molecule has 3 rings (SSSR count). The van der Waals surface area contributed by atoms with E-state index in [9.17, 15) is 14.7 Å². The van der Waals surface area contributed by atoms with Gasteiger partial charge in [0.25, 0.3) is 0 Å². The van der Waals surface area contributed by atoms with Gasteiger partial charge < -0.3 is 20.3 Å². The van der Waals surface area contributed by atoms with Gasteiger partial charge in [0.15, 0.2) is 0 Å². The number of nitrogens with one attached hydrogen (secondary N) is 2. The third kappa shape index (κ3) is 3.02. The van der Waals surface area contributed by atoms with Crippen molar-refractivity contribution in [3.05, 3.63) is 36.0 Å². The van der Waals surface area contributed by atoms with Crippen LogP contribution in [0.5, 0.6) is 0 Å². The minimum absolute atomic E-state index is 0.185. The Labute approximate surface area is 134 Å². The van der Waals surface area contributed by atoms with Crippen LogP contribution in [0, 0.1) is 5.41 Å². The van der Waals surface area contributed by atoms with E-state index in [1.54, 1.807) is 11.8 Å². The normalized spacial score (nSPS) is 20.8. The van der Waals surface area contributed by atoms with E-state index in [4.69, 9.17) is 0 Å². The number of H-pyrrole nitrogens is 1. The van der Waals surface area contributed by atoms with Crippen molar-refractivity contribution >= 4 is 22.9 Å². The lowest BCUT2D eigenvalue weighted by Crippen LogP contribution is -2.41. The molecule has 0 saturated carbocycles. The highest BCUT2D eigenvalue weighted by atomic mass is 16.4. The van der Waals surface area contributed by atoms with E-state index < -0.39 is 11.4 Å². The summed E-state index contributed by atoms with van der Waals surface area (Å²) in [6.45, 7) is 2.97. The number of aromatic nitrogens is 1. The second kappa shape index (κ2) is 5.95. The number of nitrogens with zero attached hydrogens (tertiary/aromatic N) is 1. The van der Waals surface area contributed by atoms with Gasteiger partial charge in [-0.05, 0) is 31.4 Å². The van der Waals surface area contributed by atoms with Crippen LogP contribution in [0.25, 0.3) is 10.9 Å². The van der Waals surface area contributed by atoms with Gasteiger partial charge in [0, 0.05) is 36.7 Å². The van der Waals surface area contributed by atoms with E-state index in [1.165, 1.54) is 5.39 Å². The molecule has 122 valence electrons. The molecule has 1 aliphatic rings. The fraction of sp³-hybridized carbons (Fsp3) is 0.412. The molecule has 6 heteroatoms. The predicted molar refractivity (Wildman–Crippen MR) is 87.3 cm³/mol. The first kappa shape index (κ1) is 15.4.